The van der Waals surface area contributed by atoms with Crippen LogP contribution in [0.1, 0.15) is 32.1 Å². The first-order valence-corrected chi connectivity index (χ1v) is 6.92. The van der Waals surface area contributed by atoms with Gasteiger partial charge in [0.05, 0.1) is 0 Å². The molecule has 2 fully saturated rings. The van der Waals surface area contributed by atoms with Crippen LogP contribution in [0.3, 0.4) is 0 Å². The number of hydrogen-bond acceptors (Lipinski definition) is 3. The summed E-state index contributed by atoms with van der Waals surface area (Å²) >= 11 is 0. The van der Waals surface area contributed by atoms with Crippen LogP contribution >= 0.6 is 0 Å². The van der Waals surface area contributed by atoms with Crippen molar-refractivity contribution in [2.75, 3.05) is 39.8 Å². The number of piperidine rings is 2. The molecule has 2 heterocycles. The molecular weight excluding hydrogens is 198 g/mol. The first kappa shape index (κ1) is 12.3. The van der Waals surface area contributed by atoms with Gasteiger partial charge in [0.25, 0.3) is 0 Å². The second kappa shape index (κ2) is 5.99. The molecule has 1 atom stereocenters. The highest BCUT2D eigenvalue weighted by Crippen LogP contribution is 2.20. The molecule has 2 rings (SSSR count). The molecule has 0 saturated carbocycles. The normalized spacial score (nSPS) is 28.1. The summed E-state index contributed by atoms with van der Waals surface area (Å²) in [5.74, 6) is 0.762. The third kappa shape index (κ3) is 3.44. The molecule has 0 aromatic rings. The zero-order valence-corrected chi connectivity index (χ0v) is 10.7. The molecule has 0 radical (unpaired) electrons. The van der Waals surface area contributed by atoms with Crippen LogP contribution in [0.4, 0.5) is 0 Å². The minimum Gasteiger partial charge on any atom is -0.326 e. The summed E-state index contributed by atoms with van der Waals surface area (Å²) < 4.78 is 0. The minimum absolute atomic E-state index is 0.409. The largest absolute Gasteiger partial charge is 0.326 e. The number of hydrogen-bond donors (Lipinski definition) is 1. The summed E-state index contributed by atoms with van der Waals surface area (Å²) in [5, 5.41) is 0. The van der Waals surface area contributed by atoms with Gasteiger partial charge in [-0.3, -0.25) is 0 Å². The van der Waals surface area contributed by atoms with Crippen molar-refractivity contribution in [2.45, 2.75) is 38.1 Å². The minimum atomic E-state index is 0.409. The molecule has 3 heteroatoms. The van der Waals surface area contributed by atoms with Crippen molar-refractivity contribution in [1.82, 2.24) is 9.80 Å². The van der Waals surface area contributed by atoms with E-state index in [4.69, 9.17) is 5.73 Å². The maximum atomic E-state index is 6.36. The lowest BCUT2D eigenvalue weighted by molar-refractivity contribution is 0.154. The Morgan fingerprint density at radius 3 is 2.31 bits per heavy atom. The fourth-order valence-corrected chi connectivity index (χ4v) is 3.05. The Morgan fingerprint density at radius 1 is 1.06 bits per heavy atom. The van der Waals surface area contributed by atoms with Gasteiger partial charge >= 0.3 is 0 Å². The number of likely N-dealkylation sites (tertiary alicyclic amines) is 2. The first-order valence-electron chi connectivity index (χ1n) is 6.92. The van der Waals surface area contributed by atoms with Gasteiger partial charge < -0.3 is 15.5 Å². The van der Waals surface area contributed by atoms with Crippen LogP contribution in [-0.4, -0.2) is 55.6 Å². The average molecular weight is 225 g/mol. The smallest absolute Gasteiger partial charge is 0.0197 e. The van der Waals surface area contributed by atoms with Crippen molar-refractivity contribution in [1.29, 1.82) is 0 Å². The summed E-state index contributed by atoms with van der Waals surface area (Å²) in [4.78, 5) is 5.00. The van der Waals surface area contributed by atoms with E-state index in [2.05, 4.69) is 16.8 Å². The molecule has 2 saturated heterocycles. The van der Waals surface area contributed by atoms with Gasteiger partial charge in [0, 0.05) is 12.6 Å². The Morgan fingerprint density at radius 2 is 1.69 bits per heavy atom. The lowest BCUT2D eigenvalue weighted by atomic mass is 9.89. The molecule has 0 aliphatic carbocycles. The van der Waals surface area contributed by atoms with Crippen molar-refractivity contribution >= 4 is 0 Å². The fourth-order valence-electron chi connectivity index (χ4n) is 3.05. The van der Waals surface area contributed by atoms with Crippen molar-refractivity contribution in [3.05, 3.63) is 0 Å². The predicted octanol–water partition coefficient (Wildman–Crippen LogP) is 1.14. The van der Waals surface area contributed by atoms with Gasteiger partial charge in [0.1, 0.15) is 0 Å². The van der Waals surface area contributed by atoms with E-state index in [1.54, 1.807) is 0 Å². The third-order valence-electron chi connectivity index (χ3n) is 4.29. The maximum Gasteiger partial charge on any atom is 0.0197 e. The van der Waals surface area contributed by atoms with Crippen LogP contribution in [0.2, 0.25) is 0 Å². The highest BCUT2D eigenvalue weighted by atomic mass is 15.1. The van der Waals surface area contributed by atoms with Crippen LogP contribution in [0.25, 0.3) is 0 Å². The van der Waals surface area contributed by atoms with Crippen molar-refractivity contribution in [2.24, 2.45) is 11.7 Å². The Bertz CT molecular complexity index is 193. The van der Waals surface area contributed by atoms with E-state index in [0.29, 0.717) is 6.04 Å². The van der Waals surface area contributed by atoms with Gasteiger partial charge in [-0.2, -0.15) is 0 Å². The zero-order valence-electron chi connectivity index (χ0n) is 10.7. The number of nitrogens with two attached hydrogens (primary N) is 1. The van der Waals surface area contributed by atoms with E-state index in [9.17, 15) is 0 Å². The zero-order chi connectivity index (χ0) is 11.4. The van der Waals surface area contributed by atoms with Gasteiger partial charge in [0.2, 0.25) is 0 Å². The maximum absolute atomic E-state index is 6.36. The Labute approximate surface area is 100.0 Å². The Kier molecular flexibility index (Phi) is 4.62. The van der Waals surface area contributed by atoms with Crippen LogP contribution in [0.5, 0.6) is 0 Å². The Hall–Kier alpha value is -0.120. The van der Waals surface area contributed by atoms with Gasteiger partial charge in [-0.15, -0.1) is 0 Å². The third-order valence-corrected chi connectivity index (χ3v) is 4.29. The van der Waals surface area contributed by atoms with Crippen LogP contribution in [-0.2, 0) is 0 Å². The van der Waals surface area contributed by atoms with Crippen LogP contribution in [0.15, 0.2) is 0 Å². The van der Waals surface area contributed by atoms with Crippen molar-refractivity contribution < 1.29 is 0 Å². The molecule has 16 heavy (non-hydrogen) atoms. The predicted molar refractivity (Wildman–Crippen MR) is 68.5 cm³/mol. The van der Waals surface area contributed by atoms with Gasteiger partial charge in [0.15, 0.2) is 0 Å². The molecule has 1 unspecified atom stereocenters. The highest BCUT2D eigenvalue weighted by molar-refractivity contribution is 4.82. The van der Waals surface area contributed by atoms with Crippen LogP contribution in [0, 0.1) is 5.92 Å². The first-order chi connectivity index (χ1) is 7.75. The lowest BCUT2D eigenvalue weighted by Crippen LogP contribution is -2.47. The van der Waals surface area contributed by atoms with Gasteiger partial charge in [-0.25, -0.2) is 0 Å². The highest BCUT2D eigenvalue weighted by Gasteiger charge is 2.24. The molecule has 2 aliphatic heterocycles. The summed E-state index contributed by atoms with van der Waals surface area (Å²) in [6, 6.07) is 0.409. The molecule has 0 aromatic heterocycles. The summed E-state index contributed by atoms with van der Waals surface area (Å²) in [7, 11) is 2.21. The fraction of sp³-hybridized carbons (Fsp3) is 1.00. The molecular formula is C13H27N3. The SMILES string of the molecule is CN1CCC(C(N)CN2CCCCC2)CC1. The molecule has 0 aromatic carbocycles. The quantitative estimate of drug-likeness (QED) is 0.782. The van der Waals surface area contributed by atoms with Gasteiger partial charge in [-0.05, 0) is 64.8 Å². The van der Waals surface area contributed by atoms with E-state index >= 15 is 0 Å². The monoisotopic (exact) mass is 225 g/mol. The van der Waals surface area contributed by atoms with Gasteiger partial charge in [-0.1, -0.05) is 6.42 Å². The second-order valence-electron chi connectivity index (χ2n) is 5.67. The molecule has 3 nitrogen and oxygen atoms in total. The Balaban J connectivity index is 1.72. The molecule has 0 amide bonds. The average Bonchev–Trinajstić information content (AvgIpc) is 2.31. The summed E-state index contributed by atoms with van der Waals surface area (Å²) in [5.41, 5.74) is 6.36. The van der Waals surface area contributed by atoms with Crippen LogP contribution < -0.4 is 5.73 Å². The standard InChI is InChI=1S/C13H27N3/c1-15-9-5-12(6-10-15)13(14)11-16-7-3-2-4-8-16/h12-13H,2-11,14H2,1H3. The lowest BCUT2D eigenvalue weighted by Gasteiger charge is -2.36. The molecule has 0 bridgehead atoms. The second-order valence-corrected chi connectivity index (χ2v) is 5.67. The molecule has 94 valence electrons. The van der Waals surface area contributed by atoms with Crippen molar-refractivity contribution in [3.63, 3.8) is 0 Å². The van der Waals surface area contributed by atoms with E-state index < -0.39 is 0 Å². The number of nitrogens with zero attached hydrogens (tertiary/aromatic N) is 2. The van der Waals surface area contributed by atoms with E-state index in [1.165, 1.54) is 58.3 Å². The van der Waals surface area contributed by atoms with E-state index in [1.807, 2.05) is 0 Å². The van der Waals surface area contributed by atoms with E-state index in [0.717, 1.165) is 12.5 Å². The molecule has 2 N–H and O–H groups in total. The summed E-state index contributed by atoms with van der Waals surface area (Å²) in [6.07, 6.45) is 6.76. The van der Waals surface area contributed by atoms with Crippen molar-refractivity contribution in [3.8, 4) is 0 Å². The topological polar surface area (TPSA) is 32.5 Å². The molecule has 2 aliphatic rings. The summed E-state index contributed by atoms with van der Waals surface area (Å²) in [6.45, 7) is 6.16. The van der Waals surface area contributed by atoms with E-state index in [-0.39, 0.29) is 0 Å². The molecule has 0 spiro atoms. The number of rotatable bonds is 3.